The van der Waals surface area contributed by atoms with Gasteiger partial charge < -0.3 is 14.3 Å². The zero-order chi connectivity index (χ0) is 37.6. The van der Waals surface area contributed by atoms with E-state index in [1.54, 1.807) is 0 Å². The van der Waals surface area contributed by atoms with Gasteiger partial charge in [-0.15, -0.1) is 0 Å². The van der Waals surface area contributed by atoms with Gasteiger partial charge in [-0.2, -0.15) is 0 Å². The van der Waals surface area contributed by atoms with Crippen LogP contribution in [-0.2, 0) is 11.3 Å². The Morgan fingerprint density at radius 2 is 1.14 bits per heavy atom. The van der Waals surface area contributed by atoms with Crippen LogP contribution in [0.2, 0.25) is 13.1 Å². The first-order valence-electron chi connectivity index (χ1n) is 19.4. The van der Waals surface area contributed by atoms with Crippen molar-refractivity contribution in [1.29, 1.82) is 0 Å². The molecule has 0 bridgehead atoms. The van der Waals surface area contributed by atoms with Crippen molar-refractivity contribution in [3.63, 3.8) is 0 Å². The Bertz CT molecular complexity index is 2720. The summed E-state index contributed by atoms with van der Waals surface area (Å²) in [4.78, 5) is 2.43. The number of para-hydroxylation sites is 1. The summed E-state index contributed by atoms with van der Waals surface area (Å²) in [6.07, 6.45) is 0. The molecule has 3 nitrogen and oxygen atoms in total. The molecule has 0 unspecified atom stereocenters. The van der Waals surface area contributed by atoms with Crippen LogP contribution in [0.3, 0.4) is 0 Å². The van der Waals surface area contributed by atoms with Crippen LogP contribution in [0.25, 0.3) is 33.4 Å². The van der Waals surface area contributed by atoms with Gasteiger partial charge in [-0.25, -0.2) is 0 Å². The Kier molecular flexibility index (Phi) is 8.55. The summed E-state index contributed by atoms with van der Waals surface area (Å²) >= 11 is 0. The fourth-order valence-electron chi connectivity index (χ4n) is 8.84. The Hall–Kier alpha value is -6.40. The number of rotatable bonds is 8. The highest BCUT2D eigenvalue weighted by atomic mass is 28.3. The van der Waals surface area contributed by atoms with Crippen LogP contribution < -0.4 is 30.9 Å². The van der Waals surface area contributed by atoms with E-state index < -0.39 is 8.07 Å². The highest BCUT2D eigenvalue weighted by Crippen LogP contribution is 2.49. The van der Waals surface area contributed by atoms with Crippen molar-refractivity contribution in [3.8, 4) is 44.9 Å². The van der Waals surface area contributed by atoms with Crippen LogP contribution in [0, 0.1) is 0 Å². The zero-order valence-electron chi connectivity index (χ0n) is 31.5. The quantitative estimate of drug-likeness (QED) is 0.145. The third-order valence-corrected chi connectivity index (χ3v) is 15.0. The first kappa shape index (κ1) is 34.1. The smallest absolute Gasteiger partial charge is 0.362 e. The van der Waals surface area contributed by atoms with Crippen molar-refractivity contribution < 1.29 is 9.39 Å². The minimum Gasteiger partial charge on any atom is -0.457 e. The van der Waals surface area contributed by atoms with Crippen molar-refractivity contribution in [2.45, 2.75) is 19.7 Å². The average Bonchev–Trinajstić information content (AvgIpc) is 3.79. The maximum absolute atomic E-state index is 6.69. The van der Waals surface area contributed by atoms with Crippen LogP contribution in [0.4, 0.5) is 17.1 Å². The molecule has 0 saturated heterocycles. The molecule has 8 aromatic carbocycles. The van der Waals surface area contributed by atoms with E-state index in [-0.39, 0.29) is 6.92 Å². The Morgan fingerprint density at radius 1 is 0.518 bits per heavy atom. The number of nitrogens with zero attached hydrogens (tertiary/aromatic N) is 1. The molecule has 268 valence electrons. The third-order valence-electron chi connectivity index (χ3n) is 11.5. The molecule has 10 rings (SSSR count). The van der Waals surface area contributed by atoms with E-state index in [0.717, 1.165) is 34.1 Å². The van der Waals surface area contributed by atoms with E-state index in [2.05, 4.69) is 176 Å². The van der Waals surface area contributed by atoms with E-state index in [1.165, 1.54) is 54.7 Å². The van der Waals surface area contributed by atoms with E-state index in [1.807, 2.05) is 36.4 Å². The first-order chi connectivity index (χ1) is 27.5. The Labute approximate surface area is 330 Å². The Morgan fingerprint density at radius 3 is 1.95 bits per heavy atom. The van der Waals surface area contributed by atoms with Gasteiger partial charge in [0, 0.05) is 23.0 Å². The number of hydrogen-bond donors (Lipinski definition) is 0. The SMILES string of the molecule is C[Si]1(C)c2ccccc2-c2c1ccc(N(c1cccc(Oc3ccccc3)c1)c1cccc(-c3ccccc3)c1)c2-c1cccc2c1COB2c1ccccc1. The molecule has 0 spiro atoms. The average molecular weight is 738 g/mol. The fourth-order valence-corrected chi connectivity index (χ4v) is 11.9. The van der Waals surface area contributed by atoms with Gasteiger partial charge in [-0.05, 0) is 97.1 Å². The summed E-state index contributed by atoms with van der Waals surface area (Å²) in [6.45, 7) is 5.42. The van der Waals surface area contributed by atoms with Crippen LogP contribution in [0.15, 0.2) is 194 Å². The molecule has 0 aromatic heterocycles. The van der Waals surface area contributed by atoms with Crippen molar-refractivity contribution in [2.24, 2.45) is 0 Å². The number of fused-ring (bicyclic) bond motifs is 4. The number of benzene rings is 8. The number of ether oxygens (including phenoxy) is 1. The van der Waals surface area contributed by atoms with Gasteiger partial charge >= 0.3 is 6.92 Å². The van der Waals surface area contributed by atoms with Gasteiger partial charge in [0.25, 0.3) is 0 Å². The molecule has 0 aliphatic carbocycles. The minimum absolute atomic E-state index is 0.116. The molecule has 0 atom stereocenters. The monoisotopic (exact) mass is 737 g/mol. The predicted molar refractivity (Wildman–Crippen MR) is 237 cm³/mol. The van der Waals surface area contributed by atoms with Gasteiger partial charge in [-0.3, -0.25) is 0 Å². The molecule has 2 heterocycles. The highest BCUT2D eigenvalue weighted by Gasteiger charge is 2.41. The molecule has 0 N–H and O–H groups in total. The van der Waals surface area contributed by atoms with Crippen molar-refractivity contribution in [1.82, 2.24) is 0 Å². The van der Waals surface area contributed by atoms with Gasteiger partial charge in [0.2, 0.25) is 0 Å². The molecule has 2 aliphatic rings. The lowest BCUT2D eigenvalue weighted by Crippen LogP contribution is -2.49. The number of anilines is 3. The van der Waals surface area contributed by atoms with E-state index >= 15 is 0 Å². The standard InChI is InChI=1S/C51H40BNO2Si/c1-56(2)48-30-13-12-27-44(48)51-49(56)32-31-47(50(51)43-28-16-29-46-45(43)35-54-52(46)38-20-8-4-9-21-38)53(39-22-14-19-37(33-39)36-17-6-3-7-18-36)40-23-15-26-42(34-40)55-41-24-10-5-11-25-41/h3-34H,35H2,1-2H3. The lowest BCUT2D eigenvalue weighted by atomic mass is 9.55. The second kappa shape index (κ2) is 14.0. The largest absolute Gasteiger partial charge is 0.457 e. The molecular weight excluding hydrogens is 697 g/mol. The third kappa shape index (κ3) is 5.88. The topological polar surface area (TPSA) is 21.7 Å². The second-order valence-electron chi connectivity index (χ2n) is 15.2. The van der Waals surface area contributed by atoms with Crippen LogP contribution in [0.5, 0.6) is 11.5 Å². The summed E-state index contributed by atoms with van der Waals surface area (Å²) < 4.78 is 13.2. The normalized spacial score (nSPS) is 13.5. The lowest BCUT2D eigenvalue weighted by molar-refractivity contribution is 0.337. The molecule has 56 heavy (non-hydrogen) atoms. The molecule has 0 fully saturated rings. The van der Waals surface area contributed by atoms with Crippen LogP contribution in [-0.4, -0.2) is 15.0 Å². The zero-order valence-corrected chi connectivity index (χ0v) is 32.5. The predicted octanol–water partition coefficient (Wildman–Crippen LogP) is 10.7. The summed E-state index contributed by atoms with van der Waals surface area (Å²) in [5.74, 6) is 1.58. The summed E-state index contributed by atoms with van der Waals surface area (Å²) in [6, 6.07) is 69.4. The Balaban J connectivity index is 1.25. The first-order valence-corrected chi connectivity index (χ1v) is 22.4. The summed E-state index contributed by atoms with van der Waals surface area (Å²) in [5, 5.41) is 2.95. The summed E-state index contributed by atoms with van der Waals surface area (Å²) in [5.41, 5.74) is 14.3. The molecule has 0 saturated carbocycles. The van der Waals surface area contributed by atoms with Crippen LogP contribution >= 0.6 is 0 Å². The van der Waals surface area contributed by atoms with Crippen molar-refractivity contribution >= 4 is 53.4 Å². The van der Waals surface area contributed by atoms with Gasteiger partial charge in [0.1, 0.15) is 19.6 Å². The molecule has 2 aliphatic heterocycles. The van der Waals surface area contributed by atoms with Crippen molar-refractivity contribution in [2.75, 3.05) is 4.90 Å². The fraction of sp³-hybridized carbons (Fsp3) is 0.0588. The highest BCUT2D eigenvalue weighted by molar-refractivity contribution is 7.04. The molecule has 5 heteroatoms. The minimum atomic E-state index is -2.03. The maximum Gasteiger partial charge on any atom is 0.362 e. The summed E-state index contributed by atoms with van der Waals surface area (Å²) in [7, 11) is -2.03. The van der Waals surface area contributed by atoms with E-state index in [9.17, 15) is 0 Å². The second-order valence-corrected chi connectivity index (χ2v) is 19.5. The van der Waals surface area contributed by atoms with Gasteiger partial charge in [-0.1, -0.05) is 159 Å². The van der Waals surface area contributed by atoms with Gasteiger partial charge in [0.05, 0.1) is 12.3 Å². The molecule has 0 amide bonds. The molecule has 8 aromatic rings. The molecular formula is C51H40BNO2Si. The van der Waals surface area contributed by atoms with E-state index in [4.69, 9.17) is 9.39 Å². The van der Waals surface area contributed by atoms with Crippen LogP contribution in [0.1, 0.15) is 5.56 Å². The van der Waals surface area contributed by atoms with Gasteiger partial charge in [0.15, 0.2) is 0 Å². The number of hydrogen-bond acceptors (Lipinski definition) is 3. The molecule has 0 radical (unpaired) electrons. The van der Waals surface area contributed by atoms with E-state index in [0.29, 0.717) is 6.61 Å². The lowest BCUT2D eigenvalue weighted by Gasteiger charge is -2.31. The van der Waals surface area contributed by atoms with Crippen molar-refractivity contribution in [3.05, 3.63) is 200 Å². The maximum atomic E-state index is 6.69.